The van der Waals surface area contributed by atoms with Crippen LogP contribution in [0, 0.1) is 10.6 Å². The highest BCUT2D eigenvalue weighted by atomic mass is 127. The van der Waals surface area contributed by atoms with E-state index in [1.165, 1.54) is 6.92 Å². The molecule has 2 N–H and O–H groups in total. The zero-order valence-corrected chi connectivity index (χ0v) is 10.5. The van der Waals surface area contributed by atoms with E-state index >= 15 is 0 Å². The Balaban J connectivity index is 3.46. The molecule has 0 radical (unpaired) electrons. The third-order valence-corrected chi connectivity index (χ3v) is 3.47. The van der Waals surface area contributed by atoms with Crippen molar-refractivity contribution in [2.75, 3.05) is 0 Å². The van der Waals surface area contributed by atoms with Crippen molar-refractivity contribution in [2.24, 2.45) is 5.14 Å². The number of alkyl halides is 2. The Morgan fingerprint density at radius 2 is 2.07 bits per heavy atom. The summed E-state index contributed by atoms with van der Waals surface area (Å²) in [5, 5.41) is 4.51. The van der Waals surface area contributed by atoms with Crippen LogP contribution in [-0.4, -0.2) is 13.4 Å². The van der Waals surface area contributed by atoms with Crippen molar-refractivity contribution < 1.29 is 17.2 Å². The number of primary sulfonamides is 1. The number of hydrogen-bond acceptors (Lipinski definition) is 3. The maximum atomic E-state index is 12.4. The van der Waals surface area contributed by atoms with Crippen LogP contribution >= 0.6 is 22.6 Å². The fraction of sp³-hybridized carbons (Fsp3) is 0.286. The lowest BCUT2D eigenvalue weighted by Crippen LogP contribution is -2.17. The second-order valence-corrected chi connectivity index (χ2v) is 5.33. The van der Waals surface area contributed by atoms with Crippen LogP contribution in [0.2, 0.25) is 0 Å². The van der Waals surface area contributed by atoms with E-state index in [4.69, 9.17) is 5.14 Å². The fourth-order valence-electron chi connectivity index (χ4n) is 1.04. The normalized spacial score (nSPS) is 12.1. The third kappa shape index (κ3) is 2.82. The molecule has 0 aliphatic carbocycles. The number of rotatable bonds is 2. The van der Waals surface area contributed by atoms with E-state index in [1.807, 2.05) is 0 Å². The first-order valence-corrected chi connectivity index (χ1v) is 6.34. The number of nitrogens with two attached hydrogens (primary N) is 1. The summed E-state index contributed by atoms with van der Waals surface area (Å²) in [7, 11) is -3.96. The van der Waals surface area contributed by atoms with Crippen LogP contribution < -0.4 is 5.14 Å². The van der Waals surface area contributed by atoms with Gasteiger partial charge in [-0.2, -0.15) is 0 Å². The minimum absolute atomic E-state index is 0.0581. The second-order valence-electron chi connectivity index (χ2n) is 2.84. The summed E-state index contributed by atoms with van der Waals surface area (Å²) >= 11 is 1.55. The van der Waals surface area contributed by atoms with Gasteiger partial charge in [-0.25, -0.2) is 27.3 Å². The molecule has 0 saturated carbocycles. The minimum atomic E-state index is -3.96. The van der Waals surface area contributed by atoms with Crippen LogP contribution in [0.15, 0.2) is 11.1 Å². The summed E-state index contributed by atoms with van der Waals surface area (Å²) < 4.78 is 46.8. The van der Waals surface area contributed by atoms with Crippen LogP contribution in [0.1, 0.15) is 17.6 Å². The van der Waals surface area contributed by atoms with Crippen LogP contribution in [0.4, 0.5) is 8.78 Å². The molecule has 1 heterocycles. The number of pyridine rings is 1. The molecule has 1 aromatic rings. The maximum absolute atomic E-state index is 12.4. The molecule has 0 atom stereocenters. The Morgan fingerprint density at radius 1 is 1.53 bits per heavy atom. The van der Waals surface area contributed by atoms with Gasteiger partial charge in [-0.1, -0.05) is 0 Å². The number of aryl methyl sites for hydroxylation is 1. The lowest BCUT2D eigenvalue weighted by atomic mass is 10.2. The first-order chi connectivity index (χ1) is 6.73. The molecule has 0 bridgehead atoms. The SMILES string of the molecule is Cc1cc(C(F)F)c(I)nc1S(N)(=O)=O. The van der Waals surface area contributed by atoms with Gasteiger partial charge in [-0.05, 0) is 41.1 Å². The van der Waals surface area contributed by atoms with Gasteiger partial charge in [0.15, 0.2) is 5.03 Å². The Kier molecular flexibility index (Phi) is 3.61. The largest absolute Gasteiger partial charge is 0.266 e. The van der Waals surface area contributed by atoms with E-state index in [1.54, 1.807) is 22.6 Å². The molecule has 0 fully saturated rings. The van der Waals surface area contributed by atoms with Gasteiger partial charge in [0.1, 0.15) is 3.70 Å². The summed E-state index contributed by atoms with van der Waals surface area (Å²) in [5.41, 5.74) is -0.172. The first kappa shape index (κ1) is 12.7. The van der Waals surface area contributed by atoms with E-state index in [0.717, 1.165) is 6.07 Å². The van der Waals surface area contributed by atoms with Gasteiger partial charge >= 0.3 is 0 Å². The topological polar surface area (TPSA) is 73.0 Å². The molecule has 0 saturated heterocycles. The number of hydrogen-bond donors (Lipinski definition) is 1. The van der Waals surface area contributed by atoms with Crippen molar-refractivity contribution in [1.29, 1.82) is 0 Å². The lowest BCUT2D eigenvalue weighted by molar-refractivity contribution is 0.149. The number of nitrogens with zero attached hydrogens (tertiary/aromatic N) is 1. The molecule has 0 aromatic carbocycles. The lowest BCUT2D eigenvalue weighted by Gasteiger charge is -2.07. The maximum Gasteiger partial charge on any atom is 0.266 e. The van der Waals surface area contributed by atoms with Gasteiger partial charge in [0.05, 0.1) is 5.56 Å². The van der Waals surface area contributed by atoms with Crippen LogP contribution in [0.25, 0.3) is 0 Å². The quantitative estimate of drug-likeness (QED) is 0.652. The van der Waals surface area contributed by atoms with Crippen LogP contribution in [-0.2, 0) is 10.0 Å². The van der Waals surface area contributed by atoms with E-state index in [2.05, 4.69) is 4.98 Å². The average Bonchev–Trinajstić information content (AvgIpc) is 2.06. The van der Waals surface area contributed by atoms with E-state index < -0.39 is 16.4 Å². The van der Waals surface area contributed by atoms with Crippen molar-refractivity contribution in [3.05, 3.63) is 20.9 Å². The number of sulfonamides is 1. The van der Waals surface area contributed by atoms with Crippen molar-refractivity contribution in [1.82, 2.24) is 4.98 Å². The van der Waals surface area contributed by atoms with Gasteiger partial charge in [0.2, 0.25) is 0 Å². The summed E-state index contributed by atoms with van der Waals surface area (Å²) in [6, 6.07) is 1.08. The Hall–Kier alpha value is -0.350. The Labute approximate surface area is 99.1 Å². The molecule has 0 unspecified atom stereocenters. The minimum Gasteiger partial charge on any atom is -0.228 e. The third-order valence-electron chi connectivity index (χ3n) is 1.65. The fourth-order valence-corrected chi connectivity index (χ4v) is 2.56. The number of halogens is 3. The monoisotopic (exact) mass is 348 g/mol. The molecule has 0 spiro atoms. The standard InChI is InChI=1S/C7H7F2IN2O2S/c1-3-2-4(5(8)9)6(10)12-7(3)15(11,13)14/h2,5H,1H3,(H2,11,13,14). The van der Waals surface area contributed by atoms with E-state index in [0.29, 0.717) is 0 Å². The van der Waals surface area contributed by atoms with E-state index in [9.17, 15) is 17.2 Å². The second kappa shape index (κ2) is 4.26. The van der Waals surface area contributed by atoms with Crippen molar-refractivity contribution in [3.8, 4) is 0 Å². The van der Waals surface area contributed by atoms with Crippen molar-refractivity contribution in [3.63, 3.8) is 0 Å². The summed E-state index contributed by atoms with van der Waals surface area (Å²) in [4.78, 5) is 3.56. The molecular formula is C7H7F2IN2O2S. The molecule has 1 aromatic heterocycles. The zero-order chi connectivity index (χ0) is 11.8. The summed E-state index contributed by atoms with van der Waals surface area (Å²) in [5.74, 6) is 0. The predicted octanol–water partition coefficient (Wildman–Crippen LogP) is 1.58. The highest BCUT2D eigenvalue weighted by Crippen LogP contribution is 2.26. The van der Waals surface area contributed by atoms with Crippen molar-refractivity contribution in [2.45, 2.75) is 18.4 Å². The molecule has 0 aliphatic heterocycles. The highest BCUT2D eigenvalue weighted by molar-refractivity contribution is 14.1. The van der Waals surface area contributed by atoms with Crippen molar-refractivity contribution >= 4 is 32.6 Å². The summed E-state index contributed by atoms with van der Waals surface area (Å²) in [6.07, 6.45) is -2.68. The molecular weight excluding hydrogens is 341 g/mol. The van der Waals surface area contributed by atoms with E-state index in [-0.39, 0.29) is 19.9 Å². The van der Waals surface area contributed by atoms with Crippen LogP contribution in [0.5, 0.6) is 0 Å². The zero-order valence-electron chi connectivity index (χ0n) is 7.54. The van der Waals surface area contributed by atoms with Crippen LogP contribution in [0.3, 0.4) is 0 Å². The smallest absolute Gasteiger partial charge is 0.228 e. The molecule has 4 nitrogen and oxygen atoms in total. The molecule has 15 heavy (non-hydrogen) atoms. The van der Waals surface area contributed by atoms with Gasteiger partial charge in [0, 0.05) is 0 Å². The van der Waals surface area contributed by atoms with Gasteiger partial charge < -0.3 is 0 Å². The first-order valence-electron chi connectivity index (χ1n) is 3.71. The Bertz CT molecular complexity index is 490. The Morgan fingerprint density at radius 3 is 2.47 bits per heavy atom. The van der Waals surface area contributed by atoms with Gasteiger partial charge in [-0.15, -0.1) is 0 Å². The molecule has 0 amide bonds. The highest BCUT2D eigenvalue weighted by Gasteiger charge is 2.20. The summed E-state index contributed by atoms with van der Waals surface area (Å²) in [6.45, 7) is 1.37. The molecule has 8 heteroatoms. The molecule has 0 aliphatic rings. The van der Waals surface area contributed by atoms with Gasteiger partial charge in [-0.3, -0.25) is 0 Å². The molecule has 1 rings (SSSR count). The number of aromatic nitrogens is 1. The average molecular weight is 348 g/mol. The van der Waals surface area contributed by atoms with Gasteiger partial charge in [0.25, 0.3) is 16.4 Å². The molecule has 84 valence electrons. The predicted molar refractivity (Wildman–Crippen MR) is 58.0 cm³/mol.